The number of halogens is 2. The lowest BCUT2D eigenvalue weighted by molar-refractivity contribution is 0.0641. The second-order valence-corrected chi connectivity index (χ2v) is 4.65. The SMILES string of the molecule is COCC(O)CNCc1cc(Br)c(Br)o1. The van der Waals surface area contributed by atoms with E-state index in [2.05, 4.69) is 37.2 Å². The van der Waals surface area contributed by atoms with Gasteiger partial charge in [-0.15, -0.1) is 0 Å². The number of hydrogen-bond acceptors (Lipinski definition) is 4. The van der Waals surface area contributed by atoms with Crippen molar-refractivity contribution in [1.82, 2.24) is 5.32 Å². The van der Waals surface area contributed by atoms with Gasteiger partial charge in [0.25, 0.3) is 0 Å². The molecule has 0 spiro atoms. The normalized spacial score (nSPS) is 13.1. The number of aliphatic hydroxyl groups excluding tert-OH is 1. The molecular formula is C9H13Br2NO3. The summed E-state index contributed by atoms with van der Waals surface area (Å²) in [5, 5.41) is 12.4. The molecule has 0 aliphatic carbocycles. The number of aliphatic hydroxyl groups is 1. The van der Waals surface area contributed by atoms with Crippen molar-refractivity contribution in [1.29, 1.82) is 0 Å². The molecule has 6 heteroatoms. The fraction of sp³-hybridized carbons (Fsp3) is 0.556. The Morgan fingerprint density at radius 2 is 2.33 bits per heavy atom. The fourth-order valence-corrected chi connectivity index (χ4v) is 1.75. The minimum absolute atomic E-state index is 0.332. The number of nitrogens with one attached hydrogen (secondary N) is 1. The summed E-state index contributed by atoms with van der Waals surface area (Å²) in [5.41, 5.74) is 0. The molecular weight excluding hydrogens is 330 g/mol. The van der Waals surface area contributed by atoms with Crippen LogP contribution in [0.1, 0.15) is 5.76 Å². The molecule has 0 radical (unpaired) electrons. The number of methoxy groups -OCH3 is 1. The maximum atomic E-state index is 9.35. The number of furan rings is 1. The molecule has 0 aromatic carbocycles. The maximum absolute atomic E-state index is 9.35. The molecule has 4 nitrogen and oxygen atoms in total. The van der Waals surface area contributed by atoms with Crippen molar-refractivity contribution < 1.29 is 14.3 Å². The van der Waals surface area contributed by atoms with Gasteiger partial charge in [0.1, 0.15) is 5.76 Å². The predicted octanol–water partition coefficient (Wildman–Crippen LogP) is 1.90. The van der Waals surface area contributed by atoms with Crippen LogP contribution in [0.25, 0.3) is 0 Å². The molecule has 86 valence electrons. The molecule has 0 aliphatic rings. The lowest BCUT2D eigenvalue weighted by Gasteiger charge is -2.09. The van der Waals surface area contributed by atoms with E-state index in [9.17, 15) is 5.11 Å². The first kappa shape index (κ1) is 13.2. The Labute approximate surface area is 105 Å². The summed E-state index contributed by atoms with van der Waals surface area (Å²) in [6, 6.07) is 1.87. The minimum Gasteiger partial charge on any atom is -0.452 e. The Hall–Kier alpha value is 0.120. The van der Waals surface area contributed by atoms with Crippen LogP contribution in [-0.4, -0.2) is 31.5 Å². The molecule has 15 heavy (non-hydrogen) atoms. The molecule has 1 heterocycles. The van der Waals surface area contributed by atoms with Gasteiger partial charge in [-0.2, -0.15) is 0 Å². The predicted molar refractivity (Wildman–Crippen MR) is 63.7 cm³/mol. The van der Waals surface area contributed by atoms with E-state index in [1.165, 1.54) is 0 Å². The van der Waals surface area contributed by atoms with Gasteiger partial charge in [-0.3, -0.25) is 0 Å². The summed E-state index contributed by atoms with van der Waals surface area (Å²) in [4.78, 5) is 0. The first-order valence-electron chi connectivity index (χ1n) is 4.45. The zero-order chi connectivity index (χ0) is 11.3. The van der Waals surface area contributed by atoms with Gasteiger partial charge in [-0.25, -0.2) is 0 Å². The van der Waals surface area contributed by atoms with E-state index in [0.29, 0.717) is 24.4 Å². The largest absolute Gasteiger partial charge is 0.452 e. The Morgan fingerprint density at radius 3 is 2.87 bits per heavy atom. The quantitative estimate of drug-likeness (QED) is 0.829. The first-order chi connectivity index (χ1) is 7.13. The molecule has 1 rings (SSSR count). The topological polar surface area (TPSA) is 54.6 Å². The van der Waals surface area contributed by atoms with Gasteiger partial charge >= 0.3 is 0 Å². The minimum atomic E-state index is -0.489. The van der Waals surface area contributed by atoms with E-state index in [-0.39, 0.29) is 0 Å². The highest BCUT2D eigenvalue weighted by Gasteiger charge is 2.07. The average molecular weight is 343 g/mol. The molecule has 0 saturated heterocycles. The van der Waals surface area contributed by atoms with Gasteiger partial charge in [0.2, 0.25) is 0 Å². The van der Waals surface area contributed by atoms with Crippen molar-refractivity contribution in [2.24, 2.45) is 0 Å². The van der Waals surface area contributed by atoms with Crippen LogP contribution in [0.15, 0.2) is 19.6 Å². The fourth-order valence-electron chi connectivity index (χ4n) is 1.09. The molecule has 0 aliphatic heterocycles. The average Bonchev–Trinajstić information content (AvgIpc) is 2.46. The lowest BCUT2D eigenvalue weighted by Crippen LogP contribution is -2.29. The number of ether oxygens (including phenoxy) is 1. The highest BCUT2D eigenvalue weighted by molar-refractivity contribution is 9.13. The van der Waals surface area contributed by atoms with Crippen LogP contribution in [0, 0.1) is 0 Å². The molecule has 1 atom stereocenters. The van der Waals surface area contributed by atoms with Gasteiger partial charge in [-0.1, -0.05) is 0 Å². The summed E-state index contributed by atoms with van der Waals surface area (Å²) >= 11 is 6.58. The molecule has 0 amide bonds. The molecule has 1 aromatic rings. The standard InChI is InChI=1S/C9H13Br2NO3/c1-14-5-6(13)3-12-4-7-2-8(10)9(11)15-7/h2,6,12-13H,3-5H2,1H3. The monoisotopic (exact) mass is 341 g/mol. The van der Waals surface area contributed by atoms with Crippen molar-refractivity contribution in [3.05, 3.63) is 21.0 Å². The Kier molecular flexibility index (Phi) is 5.84. The van der Waals surface area contributed by atoms with Crippen molar-refractivity contribution in [2.75, 3.05) is 20.3 Å². The van der Waals surface area contributed by atoms with Crippen molar-refractivity contribution in [3.8, 4) is 0 Å². The summed E-state index contributed by atoms with van der Waals surface area (Å²) in [7, 11) is 1.56. The van der Waals surface area contributed by atoms with Gasteiger partial charge in [0.05, 0.1) is 23.7 Å². The van der Waals surface area contributed by atoms with Crippen molar-refractivity contribution in [3.63, 3.8) is 0 Å². The summed E-state index contributed by atoms with van der Waals surface area (Å²) in [6.45, 7) is 1.38. The third-order valence-corrected chi connectivity index (χ3v) is 3.44. The number of hydrogen-bond donors (Lipinski definition) is 2. The lowest BCUT2D eigenvalue weighted by atomic mass is 10.3. The second kappa shape index (κ2) is 6.65. The van der Waals surface area contributed by atoms with Crippen LogP contribution >= 0.6 is 31.9 Å². The van der Waals surface area contributed by atoms with Crippen LogP contribution in [0.5, 0.6) is 0 Å². The van der Waals surface area contributed by atoms with Crippen LogP contribution in [0.4, 0.5) is 0 Å². The van der Waals surface area contributed by atoms with E-state index in [4.69, 9.17) is 9.15 Å². The zero-order valence-electron chi connectivity index (χ0n) is 8.30. The second-order valence-electron chi connectivity index (χ2n) is 3.07. The van der Waals surface area contributed by atoms with Gasteiger partial charge in [0.15, 0.2) is 4.67 Å². The van der Waals surface area contributed by atoms with Crippen LogP contribution in [0.3, 0.4) is 0 Å². The summed E-state index contributed by atoms with van der Waals surface area (Å²) in [5.74, 6) is 0.804. The van der Waals surface area contributed by atoms with Gasteiger partial charge in [-0.05, 0) is 37.9 Å². The van der Waals surface area contributed by atoms with Gasteiger partial charge < -0.3 is 19.6 Å². The van der Waals surface area contributed by atoms with E-state index in [1.807, 2.05) is 6.07 Å². The van der Waals surface area contributed by atoms with Crippen molar-refractivity contribution >= 4 is 31.9 Å². The smallest absolute Gasteiger partial charge is 0.183 e. The highest BCUT2D eigenvalue weighted by atomic mass is 79.9. The Balaban J connectivity index is 2.25. The molecule has 1 unspecified atom stereocenters. The third kappa shape index (κ3) is 4.65. The van der Waals surface area contributed by atoms with Crippen LogP contribution < -0.4 is 5.32 Å². The number of rotatable bonds is 6. The van der Waals surface area contributed by atoms with E-state index in [0.717, 1.165) is 10.2 Å². The maximum Gasteiger partial charge on any atom is 0.183 e. The van der Waals surface area contributed by atoms with Crippen molar-refractivity contribution in [2.45, 2.75) is 12.6 Å². The molecule has 1 aromatic heterocycles. The molecule has 0 bridgehead atoms. The summed E-state index contributed by atoms with van der Waals surface area (Å²) < 4.78 is 11.7. The zero-order valence-corrected chi connectivity index (χ0v) is 11.5. The third-order valence-electron chi connectivity index (χ3n) is 1.73. The molecule has 0 saturated carbocycles. The van der Waals surface area contributed by atoms with Crippen LogP contribution in [-0.2, 0) is 11.3 Å². The van der Waals surface area contributed by atoms with E-state index >= 15 is 0 Å². The Bertz CT molecular complexity index is 284. The molecule has 0 fully saturated rings. The van der Waals surface area contributed by atoms with E-state index in [1.54, 1.807) is 7.11 Å². The van der Waals surface area contributed by atoms with Crippen LogP contribution in [0.2, 0.25) is 0 Å². The highest BCUT2D eigenvalue weighted by Crippen LogP contribution is 2.26. The van der Waals surface area contributed by atoms with E-state index < -0.39 is 6.10 Å². The molecule has 2 N–H and O–H groups in total. The van der Waals surface area contributed by atoms with Gasteiger partial charge in [0, 0.05) is 13.7 Å². The Morgan fingerprint density at radius 1 is 1.60 bits per heavy atom. The first-order valence-corrected chi connectivity index (χ1v) is 6.03. The summed E-state index contributed by atoms with van der Waals surface area (Å²) in [6.07, 6.45) is -0.489.